The molecule has 0 aliphatic carbocycles. The van der Waals surface area contributed by atoms with Crippen molar-refractivity contribution in [2.75, 3.05) is 43.6 Å². The fourth-order valence-electron chi connectivity index (χ4n) is 3.83. The van der Waals surface area contributed by atoms with Crippen LogP contribution in [-0.4, -0.2) is 54.1 Å². The molecular weight excluding hydrogens is 390 g/mol. The number of nitrogens with one attached hydrogen (secondary N) is 1. The number of carbonyl (C=O) groups is 1. The Bertz CT molecular complexity index is 1020. The van der Waals surface area contributed by atoms with E-state index in [9.17, 15) is 4.79 Å². The number of ether oxygens (including phenoxy) is 1. The lowest BCUT2D eigenvalue weighted by molar-refractivity contribution is 0.122. The summed E-state index contributed by atoms with van der Waals surface area (Å²) in [5, 5.41) is 7.63. The molecule has 162 valence electrons. The molecule has 1 N–H and O–H groups in total. The van der Waals surface area contributed by atoms with Crippen molar-refractivity contribution in [1.29, 1.82) is 0 Å². The zero-order valence-electron chi connectivity index (χ0n) is 18.3. The van der Waals surface area contributed by atoms with Gasteiger partial charge in [0, 0.05) is 32.4 Å². The zero-order valence-corrected chi connectivity index (χ0v) is 18.3. The van der Waals surface area contributed by atoms with E-state index < -0.39 is 0 Å². The van der Waals surface area contributed by atoms with Gasteiger partial charge in [0.2, 0.25) is 0 Å². The lowest BCUT2D eigenvalue weighted by Gasteiger charge is -2.29. The van der Waals surface area contributed by atoms with Crippen molar-refractivity contribution >= 4 is 17.4 Å². The van der Waals surface area contributed by atoms with Gasteiger partial charge in [0.05, 0.1) is 36.0 Å². The van der Waals surface area contributed by atoms with Gasteiger partial charge in [-0.2, -0.15) is 5.10 Å². The Morgan fingerprint density at radius 2 is 1.71 bits per heavy atom. The molecular formula is C24H29N5O2. The van der Waals surface area contributed by atoms with E-state index in [1.807, 2.05) is 48.9 Å². The molecule has 7 heteroatoms. The molecule has 3 aromatic rings. The van der Waals surface area contributed by atoms with Crippen LogP contribution < -0.4 is 10.2 Å². The van der Waals surface area contributed by atoms with Crippen molar-refractivity contribution < 1.29 is 9.53 Å². The maximum atomic E-state index is 12.8. The summed E-state index contributed by atoms with van der Waals surface area (Å²) < 4.78 is 7.27. The first-order valence-corrected chi connectivity index (χ1v) is 10.6. The number of hydrogen-bond acceptors (Lipinski definition) is 4. The number of nitrogens with zero attached hydrogens (tertiary/aromatic N) is 4. The minimum absolute atomic E-state index is 0.156. The fraction of sp³-hybridized carbons (Fsp3) is 0.333. The summed E-state index contributed by atoms with van der Waals surface area (Å²) in [5.41, 5.74) is 5.70. The smallest absolute Gasteiger partial charge is 0.321 e. The van der Waals surface area contributed by atoms with Gasteiger partial charge in [-0.05, 0) is 43.7 Å². The van der Waals surface area contributed by atoms with Gasteiger partial charge in [-0.3, -0.25) is 0 Å². The summed E-state index contributed by atoms with van der Waals surface area (Å²) in [4.78, 5) is 16.8. The number of benzene rings is 2. The van der Waals surface area contributed by atoms with Crippen molar-refractivity contribution in [2.45, 2.75) is 20.4 Å². The SMILES string of the molecule is Cc1nn(-c2ccccc2)c(C)c1NC(=O)N(C)Cc1ccc(N2CCOCC2)cc1. The third-order valence-electron chi connectivity index (χ3n) is 5.60. The molecule has 0 radical (unpaired) electrons. The minimum Gasteiger partial charge on any atom is -0.378 e. The van der Waals surface area contributed by atoms with Gasteiger partial charge in [-0.15, -0.1) is 0 Å². The summed E-state index contributed by atoms with van der Waals surface area (Å²) in [6.07, 6.45) is 0. The van der Waals surface area contributed by atoms with Crippen molar-refractivity contribution in [3.8, 4) is 5.69 Å². The minimum atomic E-state index is -0.156. The molecule has 1 aromatic heterocycles. The number of para-hydroxylation sites is 1. The summed E-state index contributed by atoms with van der Waals surface area (Å²) in [5.74, 6) is 0. The largest absolute Gasteiger partial charge is 0.378 e. The summed E-state index contributed by atoms with van der Waals surface area (Å²) in [6, 6.07) is 18.2. The number of hydrogen-bond donors (Lipinski definition) is 1. The van der Waals surface area contributed by atoms with E-state index in [0.717, 1.165) is 54.6 Å². The number of aryl methyl sites for hydroxylation is 1. The lowest BCUT2D eigenvalue weighted by Crippen LogP contribution is -2.36. The van der Waals surface area contributed by atoms with E-state index in [-0.39, 0.29) is 6.03 Å². The molecule has 31 heavy (non-hydrogen) atoms. The zero-order chi connectivity index (χ0) is 21.8. The van der Waals surface area contributed by atoms with Crippen LogP contribution in [0.1, 0.15) is 17.0 Å². The second kappa shape index (κ2) is 9.22. The van der Waals surface area contributed by atoms with E-state index in [4.69, 9.17) is 4.74 Å². The number of amides is 2. The topological polar surface area (TPSA) is 62.6 Å². The van der Waals surface area contributed by atoms with E-state index in [1.165, 1.54) is 5.69 Å². The molecule has 4 rings (SSSR count). The summed E-state index contributed by atoms with van der Waals surface area (Å²) in [6.45, 7) is 7.77. The van der Waals surface area contributed by atoms with E-state index >= 15 is 0 Å². The first-order chi connectivity index (χ1) is 15.0. The van der Waals surface area contributed by atoms with Crippen molar-refractivity contribution in [3.63, 3.8) is 0 Å². The average molecular weight is 420 g/mol. The molecule has 0 unspecified atom stereocenters. The Balaban J connectivity index is 1.40. The predicted molar refractivity (Wildman–Crippen MR) is 123 cm³/mol. The molecule has 2 amide bonds. The third kappa shape index (κ3) is 4.72. The molecule has 2 heterocycles. The standard InChI is InChI=1S/C24H29N5O2/c1-18-23(19(2)29(26-18)22-7-5-4-6-8-22)25-24(30)27(3)17-20-9-11-21(12-10-20)28-13-15-31-16-14-28/h4-12H,13-17H2,1-3H3,(H,25,30). The van der Waals surface area contributed by atoms with Gasteiger partial charge in [0.15, 0.2) is 0 Å². The van der Waals surface area contributed by atoms with Gasteiger partial charge >= 0.3 is 6.03 Å². The van der Waals surface area contributed by atoms with Crippen LogP contribution in [-0.2, 0) is 11.3 Å². The Kier molecular flexibility index (Phi) is 6.23. The Labute approximate surface area is 183 Å². The third-order valence-corrected chi connectivity index (χ3v) is 5.60. The van der Waals surface area contributed by atoms with Gasteiger partial charge in [-0.25, -0.2) is 9.48 Å². The predicted octanol–water partition coefficient (Wildman–Crippen LogP) is 3.99. The molecule has 1 fully saturated rings. The van der Waals surface area contributed by atoms with Crippen LogP contribution in [0.25, 0.3) is 5.69 Å². The van der Waals surface area contributed by atoms with Gasteiger partial charge in [-0.1, -0.05) is 30.3 Å². The number of urea groups is 1. The highest BCUT2D eigenvalue weighted by molar-refractivity contribution is 5.90. The van der Waals surface area contributed by atoms with Crippen LogP contribution >= 0.6 is 0 Å². The average Bonchev–Trinajstić information content (AvgIpc) is 3.09. The van der Waals surface area contributed by atoms with Crippen LogP contribution in [0, 0.1) is 13.8 Å². The second-order valence-electron chi connectivity index (χ2n) is 7.85. The second-order valence-corrected chi connectivity index (χ2v) is 7.85. The number of anilines is 2. The van der Waals surface area contributed by atoms with Gasteiger partial charge < -0.3 is 19.9 Å². The first kappa shape index (κ1) is 20.9. The molecule has 1 aliphatic heterocycles. The van der Waals surface area contributed by atoms with E-state index in [2.05, 4.69) is 39.6 Å². The molecule has 1 aliphatic rings. The van der Waals surface area contributed by atoms with Crippen molar-refractivity contribution in [3.05, 3.63) is 71.5 Å². The molecule has 0 saturated carbocycles. The highest BCUT2D eigenvalue weighted by Crippen LogP contribution is 2.23. The maximum Gasteiger partial charge on any atom is 0.321 e. The summed E-state index contributed by atoms with van der Waals surface area (Å²) >= 11 is 0. The quantitative estimate of drug-likeness (QED) is 0.679. The normalized spacial score (nSPS) is 13.8. The van der Waals surface area contributed by atoms with Crippen molar-refractivity contribution in [1.82, 2.24) is 14.7 Å². The van der Waals surface area contributed by atoms with Gasteiger partial charge in [0.25, 0.3) is 0 Å². The van der Waals surface area contributed by atoms with Crippen LogP contribution in [0.3, 0.4) is 0 Å². The van der Waals surface area contributed by atoms with Crippen LogP contribution in [0.5, 0.6) is 0 Å². The molecule has 7 nitrogen and oxygen atoms in total. The molecule has 0 bridgehead atoms. The Morgan fingerprint density at radius 3 is 2.39 bits per heavy atom. The molecule has 0 spiro atoms. The number of morpholine rings is 1. The Hall–Kier alpha value is -3.32. The van der Waals surface area contributed by atoms with Crippen LogP contribution in [0.15, 0.2) is 54.6 Å². The Morgan fingerprint density at radius 1 is 1.03 bits per heavy atom. The van der Waals surface area contributed by atoms with E-state index in [1.54, 1.807) is 11.9 Å². The lowest BCUT2D eigenvalue weighted by atomic mass is 10.2. The monoisotopic (exact) mass is 419 g/mol. The number of aromatic nitrogens is 2. The highest BCUT2D eigenvalue weighted by Gasteiger charge is 2.18. The van der Waals surface area contributed by atoms with Crippen LogP contribution in [0.4, 0.5) is 16.2 Å². The molecule has 1 saturated heterocycles. The summed E-state index contributed by atoms with van der Waals surface area (Å²) in [7, 11) is 1.80. The fourth-order valence-corrected chi connectivity index (χ4v) is 3.83. The highest BCUT2D eigenvalue weighted by atomic mass is 16.5. The maximum absolute atomic E-state index is 12.8. The number of rotatable bonds is 5. The van der Waals surface area contributed by atoms with Crippen LogP contribution in [0.2, 0.25) is 0 Å². The number of carbonyl (C=O) groups excluding carboxylic acids is 1. The van der Waals surface area contributed by atoms with Crippen molar-refractivity contribution in [2.24, 2.45) is 0 Å². The molecule has 0 atom stereocenters. The van der Waals surface area contributed by atoms with E-state index in [0.29, 0.717) is 6.54 Å². The van der Waals surface area contributed by atoms with Gasteiger partial charge in [0.1, 0.15) is 0 Å². The molecule has 2 aromatic carbocycles. The first-order valence-electron chi connectivity index (χ1n) is 10.6.